The highest BCUT2D eigenvalue weighted by Gasteiger charge is 2.32. The Balaban J connectivity index is 2.58. The van der Waals surface area contributed by atoms with Crippen molar-refractivity contribution in [1.29, 1.82) is 0 Å². The minimum atomic E-state index is -3.74. The maximum absolute atomic E-state index is 13.9. The van der Waals surface area contributed by atoms with Gasteiger partial charge in [0.2, 0.25) is 0 Å². The highest BCUT2D eigenvalue weighted by Crippen LogP contribution is 2.35. The quantitative estimate of drug-likeness (QED) is 0.942. The molecule has 0 saturated heterocycles. The van der Waals surface area contributed by atoms with Gasteiger partial charge in [0.25, 0.3) is 0 Å². The van der Waals surface area contributed by atoms with E-state index in [1.165, 1.54) is 24.3 Å². The molecule has 1 aromatic carbocycles. The molecule has 0 saturated carbocycles. The van der Waals surface area contributed by atoms with Gasteiger partial charge in [-0.05, 0) is 23.6 Å². The van der Waals surface area contributed by atoms with Crippen molar-refractivity contribution in [3.05, 3.63) is 52.1 Å². The molecule has 7 heteroatoms. The summed E-state index contributed by atoms with van der Waals surface area (Å²) in [5, 5.41) is 0.527. The number of halogens is 2. The van der Waals surface area contributed by atoms with Crippen LogP contribution >= 0.6 is 22.9 Å². The van der Waals surface area contributed by atoms with Crippen LogP contribution in [0.25, 0.3) is 0 Å². The summed E-state index contributed by atoms with van der Waals surface area (Å²) < 4.78 is 38.9. The standard InChI is InChI=1S/C12H11ClFNO2S2/c13-8-3-1-4-9(14)12(8)10(7-15)19(16,17)11-5-2-6-18-11/h1-6,10H,7,15H2/t10-/m0/s1. The summed E-state index contributed by atoms with van der Waals surface area (Å²) in [7, 11) is -3.74. The zero-order valence-electron chi connectivity index (χ0n) is 9.71. The first-order valence-corrected chi connectivity index (χ1v) is 8.20. The summed E-state index contributed by atoms with van der Waals surface area (Å²) in [4.78, 5) is 0. The van der Waals surface area contributed by atoms with Crippen LogP contribution in [0.1, 0.15) is 10.8 Å². The van der Waals surface area contributed by atoms with Gasteiger partial charge in [-0.25, -0.2) is 12.8 Å². The molecular weight excluding hydrogens is 309 g/mol. The highest BCUT2D eigenvalue weighted by atomic mass is 35.5. The molecule has 1 heterocycles. The van der Waals surface area contributed by atoms with Gasteiger partial charge in [-0.1, -0.05) is 23.7 Å². The molecule has 2 rings (SSSR count). The number of nitrogens with two attached hydrogens (primary N) is 1. The van der Waals surface area contributed by atoms with Crippen molar-refractivity contribution >= 4 is 32.8 Å². The summed E-state index contributed by atoms with van der Waals surface area (Å²) in [6.07, 6.45) is 0. The van der Waals surface area contributed by atoms with E-state index in [9.17, 15) is 12.8 Å². The van der Waals surface area contributed by atoms with Crippen LogP contribution in [0.3, 0.4) is 0 Å². The van der Waals surface area contributed by atoms with Crippen molar-refractivity contribution in [2.75, 3.05) is 6.54 Å². The second-order valence-electron chi connectivity index (χ2n) is 3.84. The highest BCUT2D eigenvalue weighted by molar-refractivity contribution is 7.93. The lowest BCUT2D eigenvalue weighted by Gasteiger charge is -2.17. The third-order valence-electron chi connectivity index (χ3n) is 2.69. The molecule has 0 fully saturated rings. The van der Waals surface area contributed by atoms with Crippen molar-refractivity contribution in [2.24, 2.45) is 5.73 Å². The van der Waals surface area contributed by atoms with Crippen LogP contribution in [0.4, 0.5) is 4.39 Å². The number of rotatable bonds is 4. The molecule has 19 heavy (non-hydrogen) atoms. The lowest BCUT2D eigenvalue weighted by Crippen LogP contribution is -2.23. The van der Waals surface area contributed by atoms with Gasteiger partial charge in [-0.15, -0.1) is 11.3 Å². The lowest BCUT2D eigenvalue weighted by molar-refractivity contribution is 0.570. The molecule has 3 nitrogen and oxygen atoms in total. The maximum Gasteiger partial charge on any atom is 0.196 e. The van der Waals surface area contributed by atoms with Crippen LogP contribution < -0.4 is 5.73 Å². The number of sulfone groups is 1. The number of hydrogen-bond acceptors (Lipinski definition) is 4. The van der Waals surface area contributed by atoms with E-state index in [1.807, 2.05) is 0 Å². The molecule has 0 aliphatic heterocycles. The fourth-order valence-electron chi connectivity index (χ4n) is 1.78. The predicted molar refractivity (Wildman–Crippen MR) is 74.7 cm³/mol. The van der Waals surface area contributed by atoms with Crippen molar-refractivity contribution < 1.29 is 12.8 Å². The predicted octanol–water partition coefficient (Wildman–Crippen LogP) is 3.01. The average molecular weight is 320 g/mol. The van der Waals surface area contributed by atoms with Gasteiger partial charge in [0, 0.05) is 17.1 Å². The van der Waals surface area contributed by atoms with Crippen molar-refractivity contribution in [1.82, 2.24) is 0 Å². The molecule has 0 aliphatic rings. The second kappa shape index (κ2) is 5.58. The van der Waals surface area contributed by atoms with Crippen LogP contribution in [0.5, 0.6) is 0 Å². The summed E-state index contributed by atoms with van der Waals surface area (Å²) >= 11 is 6.98. The SMILES string of the molecule is NC[C@@H](c1c(F)cccc1Cl)S(=O)(=O)c1cccs1. The van der Waals surface area contributed by atoms with Crippen molar-refractivity contribution in [3.8, 4) is 0 Å². The van der Waals surface area contributed by atoms with E-state index < -0.39 is 20.9 Å². The Kier molecular flexibility index (Phi) is 4.25. The molecular formula is C12H11ClFNO2S2. The van der Waals surface area contributed by atoms with E-state index in [0.717, 1.165) is 11.3 Å². The fraction of sp³-hybridized carbons (Fsp3) is 0.167. The van der Waals surface area contributed by atoms with Crippen LogP contribution in [-0.2, 0) is 9.84 Å². The van der Waals surface area contributed by atoms with Crippen LogP contribution in [0, 0.1) is 5.82 Å². The molecule has 102 valence electrons. The molecule has 0 amide bonds. The Morgan fingerprint density at radius 2 is 2.05 bits per heavy atom. The first-order chi connectivity index (χ1) is 8.98. The van der Waals surface area contributed by atoms with E-state index in [0.29, 0.717) is 0 Å². The first kappa shape index (κ1) is 14.5. The molecule has 0 bridgehead atoms. The van der Waals surface area contributed by atoms with E-state index in [4.69, 9.17) is 17.3 Å². The molecule has 1 aromatic heterocycles. The normalized spacial score (nSPS) is 13.4. The summed E-state index contributed by atoms with van der Waals surface area (Å²) in [6.45, 7) is -0.235. The molecule has 0 aliphatic carbocycles. The van der Waals surface area contributed by atoms with Gasteiger partial charge in [0.15, 0.2) is 9.84 Å². The van der Waals surface area contributed by atoms with E-state index in [1.54, 1.807) is 11.4 Å². The fourth-order valence-corrected chi connectivity index (χ4v) is 4.99. The summed E-state index contributed by atoms with van der Waals surface area (Å²) in [5.74, 6) is -0.664. The van der Waals surface area contributed by atoms with Crippen LogP contribution in [0.15, 0.2) is 39.9 Å². The van der Waals surface area contributed by atoms with Gasteiger partial charge in [0.05, 0.1) is 0 Å². The van der Waals surface area contributed by atoms with E-state index >= 15 is 0 Å². The zero-order valence-corrected chi connectivity index (χ0v) is 12.1. The molecule has 0 spiro atoms. The Morgan fingerprint density at radius 3 is 2.58 bits per heavy atom. The Morgan fingerprint density at radius 1 is 1.32 bits per heavy atom. The second-order valence-corrected chi connectivity index (χ2v) is 7.55. The van der Waals surface area contributed by atoms with Gasteiger partial charge in [0.1, 0.15) is 15.3 Å². The van der Waals surface area contributed by atoms with Gasteiger partial charge in [-0.3, -0.25) is 0 Å². The minimum absolute atomic E-state index is 0.0654. The van der Waals surface area contributed by atoms with E-state index in [2.05, 4.69) is 0 Å². The third-order valence-corrected chi connectivity index (χ3v) is 6.54. The van der Waals surface area contributed by atoms with Gasteiger partial charge >= 0.3 is 0 Å². The maximum atomic E-state index is 13.9. The Hall–Kier alpha value is -0.950. The third kappa shape index (κ3) is 2.67. The van der Waals surface area contributed by atoms with Gasteiger partial charge < -0.3 is 5.73 Å². The van der Waals surface area contributed by atoms with E-state index in [-0.39, 0.29) is 21.3 Å². The summed E-state index contributed by atoms with van der Waals surface area (Å²) in [6, 6.07) is 7.14. The minimum Gasteiger partial charge on any atom is -0.329 e. The number of hydrogen-bond donors (Lipinski definition) is 1. The lowest BCUT2D eigenvalue weighted by atomic mass is 10.1. The van der Waals surface area contributed by atoms with Crippen LogP contribution in [-0.4, -0.2) is 15.0 Å². The van der Waals surface area contributed by atoms with Gasteiger partial charge in [-0.2, -0.15) is 0 Å². The molecule has 2 aromatic rings. The Labute approximate surface area is 119 Å². The smallest absolute Gasteiger partial charge is 0.196 e. The topological polar surface area (TPSA) is 60.2 Å². The summed E-state index contributed by atoms with van der Waals surface area (Å²) in [5.41, 5.74) is 5.47. The monoisotopic (exact) mass is 319 g/mol. The van der Waals surface area contributed by atoms with Crippen LogP contribution in [0.2, 0.25) is 5.02 Å². The largest absolute Gasteiger partial charge is 0.329 e. The molecule has 0 radical (unpaired) electrons. The zero-order chi connectivity index (χ0) is 14.0. The molecule has 0 unspecified atom stereocenters. The molecule has 2 N–H and O–H groups in total. The molecule has 1 atom stereocenters. The number of benzene rings is 1. The van der Waals surface area contributed by atoms with Crippen molar-refractivity contribution in [2.45, 2.75) is 9.46 Å². The first-order valence-electron chi connectivity index (χ1n) is 5.40. The average Bonchev–Trinajstić information content (AvgIpc) is 2.88. The number of thiophene rings is 1. The Bertz CT molecular complexity index is 651. The van der Waals surface area contributed by atoms with Crippen molar-refractivity contribution in [3.63, 3.8) is 0 Å².